The highest BCUT2D eigenvalue weighted by molar-refractivity contribution is 7.99. The summed E-state index contributed by atoms with van der Waals surface area (Å²) in [6.07, 6.45) is 0.288. The van der Waals surface area contributed by atoms with E-state index in [1.807, 2.05) is 25.7 Å². The Morgan fingerprint density at radius 3 is 2.33 bits per heavy atom. The summed E-state index contributed by atoms with van der Waals surface area (Å²) in [5.41, 5.74) is 2.70. The number of urea groups is 1. The van der Waals surface area contributed by atoms with Crippen molar-refractivity contribution < 1.29 is 14.1 Å². The molecule has 1 aromatic heterocycles. The highest BCUT2D eigenvalue weighted by atomic mass is 32.2. The molecule has 0 bridgehead atoms. The molecule has 1 saturated heterocycles. The first kappa shape index (κ1) is 22.2. The summed E-state index contributed by atoms with van der Waals surface area (Å²) < 4.78 is 5.14. The number of nitrogens with zero attached hydrogens (tertiary/aromatic N) is 3. The van der Waals surface area contributed by atoms with Gasteiger partial charge in [-0.1, -0.05) is 24.2 Å². The molecule has 30 heavy (non-hydrogen) atoms. The first-order valence-electron chi connectivity index (χ1n) is 10.4. The third-order valence-electron chi connectivity index (χ3n) is 5.46. The summed E-state index contributed by atoms with van der Waals surface area (Å²) in [5, 5.41) is 6.98. The predicted octanol–water partition coefficient (Wildman–Crippen LogP) is 3.56. The lowest BCUT2D eigenvalue weighted by Crippen LogP contribution is -2.53. The van der Waals surface area contributed by atoms with Crippen LogP contribution in [0.15, 0.2) is 33.7 Å². The minimum Gasteiger partial charge on any atom is -0.361 e. The van der Waals surface area contributed by atoms with Gasteiger partial charge in [-0.2, -0.15) is 0 Å². The molecule has 3 amide bonds. The molecular formula is C22H30N4O3S. The SMILES string of the molecule is CCSc1ccc(C(C)NC(=O)N2CCN(C(=O)Cc3c(C)noc3C)CC2)cc1. The lowest BCUT2D eigenvalue weighted by atomic mass is 10.1. The Morgan fingerprint density at radius 2 is 1.77 bits per heavy atom. The smallest absolute Gasteiger partial charge is 0.317 e. The molecule has 1 unspecified atom stereocenters. The van der Waals surface area contributed by atoms with Crippen molar-refractivity contribution in [3.05, 3.63) is 46.8 Å². The van der Waals surface area contributed by atoms with Gasteiger partial charge >= 0.3 is 6.03 Å². The summed E-state index contributed by atoms with van der Waals surface area (Å²) in [7, 11) is 0. The Hall–Kier alpha value is -2.48. The highest BCUT2D eigenvalue weighted by Crippen LogP contribution is 2.21. The van der Waals surface area contributed by atoms with Gasteiger partial charge < -0.3 is 19.6 Å². The van der Waals surface area contributed by atoms with Crippen molar-refractivity contribution in [3.63, 3.8) is 0 Å². The van der Waals surface area contributed by atoms with E-state index < -0.39 is 0 Å². The van der Waals surface area contributed by atoms with E-state index in [4.69, 9.17) is 4.52 Å². The maximum Gasteiger partial charge on any atom is 0.317 e. The van der Waals surface area contributed by atoms with Crippen molar-refractivity contribution in [2.75, 3.05) is 31.9 Å². The standard InChI is InChI=1S/C22H30N4O3S/c1-5-30-19-8-6-18(7-9-19)15(2)23-22(28)26-12-10-25(11-13-26)21(27)14-20-16(3)24-29-17(20)4/h6-9,15H,5,10-14H2,1-4H3,(H,23,28). The van der Waals surface area contributed by atoms with E-state index in [0.717, 1.165) is 22.6 Å². The van der Waals surface area contributed by atoms with Crippen LogP contribution < -0.4 is 5.32 Å². The molecule has 162 valence electrons. The van der Waals surface area contributed by atoms with Gasteiger partial charge in [0.15, 0.2) is 0 Å². The van der Waals surface area contributed by atoms with Gasteiger partial charge in [0.1, 0.15) is 5.76 Å². The number of piperazine rings is 1. The van der Waals surface area contributed by atoms with E-state index in [2.05, 4.69) is 41.7 Å². The number of amides is 3. The Balaban J connectivity index is 1.48. The topological polar surface area (TPSA) is 78.7 Å². The van der Waals surface area contributed by atoms with Crippen molar-refractivity contribution in [1.29, 1.82) is 0 Å². The number of benzene rings is 1. The number of aryl methyl sites for hydroxylation is 2. The maximum absolute atomic E-state index is 12.7. The fourth-order valence-corrected chi connectivity index (χ4v) is 4.22. The van der Waals surface area contributed by atoms with Gasteiger partial charge in [-0.15, -0.1) is 11.8 Å². The Morgan fingerprint density at radius 1 is 1.13 bits per heavy atom. The molecule has 1 atom stereocenters. The highest BCUT2D eigenvalue weighted by Gasteiger charge is 2.26. The van der Waals surface area contributed by atoms with Crippen LogP contribution in [-0.2, 0) is 11.2 Å². The summed E-state index contributed by atoms with van der Waals surface area (Å²) >= 11 is 1.80. The largest absolute Gasteiger partial charge is 0.361 e. The molecule has 3 rings (SSSR count). The van der Waals surface area contributed by atoms with E-state index in [9.17, 15) is 9.59 Å². The maximum atomic E-state index is 12.7. The van der Waals surface area contributed by atoms with Crippen LogP contribution in [0.4, 0.5) is 4.79 Å². The minimum absolute atomic E-state index is 0.0443. The van der Waals surface area contributed by atoms with E-state index >= 15 is 0 Å². The van der Waals surface area contributed by atoms with Crippen LogP contribution in [0, 0.1) is 13.8 Å². The second-order valence-corrected chi connectivity index (χ2v) is 8.86. The van der Waals surface area contributed by atoms with Crippen LogP contribution in [-0.4, -0.2) is 58.8 Å². The number of hydrogen-bond acceptors (Lipinski definition) is 5. The number of aromatic nitrogens is 1. The average Bonchev–Trinajstić information content (AvgIpc) is 3.06. The van der Waals surface area contributed by atoms with Crippen molar-refractivity contribution in [2.45, 2.75) is 45.1 Å². The monoisotopic (exact) mass is 430 g/mol. The zero-order valence-corrected chi connectivity index (χ0v) is 18.9. The number of rotatable bonds is 6. The van der Waals surface area contributed by atoms with Gasteiger partial charge in [-0.25, -0.2) is 4.79 Å². The normalized spacial score (nSPS) is 15.2. The second kappa shape index (κ2) is 10.0. The van der Waals surface area contributed by atoms with Crippen molar-refractivity contribution >= 4 is 23.7 Å². The fourth-order valence-electron chi connectivity index (χ4n) is 3.56. The molecular weight excluding hydrogens is 400 g/mol. The van der Waals surface area contributed by atoms with Gasteiger partial charge in [-0.3, -0.25) is 4.79 Å². The quantitative estimate of drug-likeness (QED) is 0.709. The van der Waals surface area contributed by atoms with Crippen LogP contribution in [0.5, 0.6) is 0 Å². The molecule has 0 spiro atoms. The third-order valence-corrected chi connectivity index (χ3v) is 6.35. The van der Waals surface area contributed by atoms with E-state index in [1.54, 1.807) is 16.7 Å². The lowest BCUT2D eigenvalue weighted by Gasteiger charge is -2.35. The van der Waals surface area contributed by atoms with Gasteiger partial charge in [0, 0.05) is 36.6 Å². The van der Waals surface area contributed by atoms with Crippen molar-refractivity contribution in [2.24, 2.45) is 0 Å². The van der Waals surface area contributed by atoms with Gasteiger partial charge in [0.05, 0.1) is 18.2 Å². The zero-order chi connectivity index (χ0) is 21.7. The third kappa shape index (κ3) is 5.36. The average molecular weight is 431 g/mol. The zero-order valence-electron chi connectivity index (χ0n) is 18.1. The number of carbonyl (C=O) groups excluding carboxylic acids is 2. The predicted molar refractivity (Wildman–Crippen MR) is 118 cm³/mol. The van der Waals surface area contributed by atoms with Crippen LogP contribution in [0.2, 0.25) is 0 Å². The van der Waals surface area contributed by atoms with Crippen molar-refractivity contribution in [1.82, 2.24) is 20.3 Å². The summed E-state index contributed by atoms with van der Waals surface area (Å²) in [4.78, 5) is 30.1. The van der Waals surface area contributed by atoms with Crippen molar-refractivity contribution in [3.8, 4) is 0 Å². The molecule has 8 heteroatoms. The molecule has 0 aliphatic carbocycles. The Bertz CT molecular complexity index is 854. The second-order valence-electron chi connectivity index (χ2n) is 7.52. The van der Waals surface area contributed by atoms with Gasteiger partial charge in [0.2, 0.25) is 5.91 Å². The molecule has 1 fully saturated rings. The molecule has 1 aliphatic heterocycles. The van der Waals surface area contributed by atoms with Crippen LogP contribution in [0.25, 0.3) is 0 Å². The Kier molecular flexibility index (Phi) is 7.42. The molecule has 2 heterocycles. The molecule has 1 aliphatic rings. The minimum atomic E-state index is -0.0904. The summed E-state index contributed by atoms with van der Waals surface area (Å²) in [5.74, 6) is 1.77. The van der Waals surface area contributed by atoms with Crippen LogP contribution in [0.1, 0.15) is 42.5 Å². The van der Waals surface area contributed by atoms with Crippen LogP contribution in [0.3, 0.4) is 0 Å². The first-order valence-corrected chi connectivity index (χ1v) is 11.3. The van der Waals surface area contributed by atoms with E-state index in [0.29, 0.717) is 31.9 Å². The number of hydrogen-bond donors (Lipinski definition) is 1. The molecule has 1 N–H and O–H groups in total. The molecule has 2 aromatic rings. The molecule has 0 radical (unpaired) electrons. The summed E-state index contributed by atoms with van der Waals surface area (Å²) in [6, 6.07) is 8.15. The lowest BCUT2D eigenvalue weighted by molar-refractivity contribution is -0.131. The van der Waals surface area contributed by atoms with Gasteiger partial charge in [-0.05, 0) is 44.2 Å². The number of nitrogens with one attached hydrogen (secondary N) is 1. The Labute approximate surface area is 182 Å². The number of carbonyl (C=O) groups is 2. The van der Waals surface area contributed by atoms with Crippen LogP contribution >= 0.6 is 11.8 Å². The molecule has 1 aromatic carbocycles. The summed E-state index contributed by atoms with van der Waals surface area (Å²) in [6.45, 7) is 9.91. The fraction of sp³-hybridized carbons (Fsp3) is 0.500. The first-order chi connectivity index (χ1) is 14.4. The number of thioether (sulfide) groups is 1. The molecule has 0 saturated carbocycles. The van der Waals surface area contributed by atoms with Gasteiger partial charge in [0.25, 0.3) is 0 Å². The van der Waals surface area contributed by atoms with E-state index in [-0.39, 0.29) is 24.4 Å². The van der Waals surface area contributed by atoms with E-state index in [1.165, 1.54) is 4.90 Å². The molecule has 7 nitrogen and oxygen atoms in total.